The van der Waals surface area contributed by atoms with Gasteiger partial charge in [0.1, 0.15) is 0 Å². The zero-order valence-electron chi connectivity index (χ0n) is 11.4. The van der Waals surface area contributed by atoms with Crippen molar-refractivity contribution in [1.29, 1.82) is 0 Å². The molecule has 1 aromatic rings. The van der Waals surface area contributed by atoms with Gasteiger partial charge in [0.25, 0.3) is 0 Å². The van der Waals surface area contributed by atoms with Crippen LogP contribution < -0.4 is 10.2 Å². The molecule has 0 aliphatic heterocycles. The van der Waals surface area contributed by atoms with E-state index in [0.717, 1.165) is 31.6 Å². The van der Waals surface area contributed by atoms with E-state index >= 15 is 0 Å². The molecular formula is C14H23N3S. The lowest BCUT2D eigenvalue weighted by Crippen LogP contribution is -2.24. The zero-order chi connectivity index (χ0) is 12.5. The van der Waals surface area contributed by atoms with Gasteiger partial charge < -0.3 is 10.2 Å². The van der Waals surface area contributed by atoms with E-state index in [2.05, 4.69) is 24.1 Å². The normalized spacial score (nSPS) is 19.2. The van der Waals surface area contributed by atoms with Gasteiger partial charge in [-0.2, -0.15) is 0 Å². The van der Waals surface area contributed by atoms with Gasteiger partial charge in [-0.3, -0.25) is 0 Å². The van der Waals surface area contributed by atoms with Gasteiger partial charge in [-0.15, -0.1) is 11.3 Å². The molecule has 0 radical (unpaired) electrons. The fourth-order valence-corrected chi connectivity index (χ4v) is 3.60. The van der Waals surface area contributed by atoms with Crippen molar-refractivity contribution in [3.05, 3.63) is 10.6 Å². The average molecular weight is 265 g/mol. The number of thiazole rings is 1. The van der Waals surface area contributed by atoms with Gasteiger partial charge in [0.05, 0.1) is 5.69 Å². The second kappa shape index (κ2) is 5.17. The van der Waals surface area contributed by atoms with Crippen LogP contribution >= 0.6 is 11.3 Å². The van der Waals surface area contributed by atoms with Crippen molar-refractivity contribution >= 4 is 16.5 Å². The number of anilines is 1. The van der Waals surface area contributed by atoms with Crippen LogP contribution in [0.3, 0.4) is 0 Å². The van der Waals surface area contributed by atoms with Crippen LogP contribution in [0, 0.1) is 0 Å². The Labute approximate surface area is 114 Å². The van der Waals surface area contributed by atoms with Crippen LogP contribution in [0.4, 0.5) is 5.13 Å². The number of rotatable bonds is 7. The first-order chi connectivity index (χ1) is 8.81. The quantitative estimate of drug-likeness (QED) is 0.821. The second-order valence-electron chi connectivity index (χ2n) is 5.39. The molecule has 0 amide bonds. The highest BCUT2D eigenvalue weighted by Gasteiger charge is 2.30. The lowest BCUT2D eigenvalue weighted by Gasteiger charge is -2.18. The summed E-state index contributed by atoms with van der Waals surface area (Å²) in [4.78, 5) is 8.81. The molecule has 0 spiro atoms. The number of hydrogen-bond donors (Lipinski definition) is 1. The summed E-state index contributed by atoms with van der Waals surface area (Å²) in [5.41, 5.74) is 1.31. The number of hydrogen-bond acceptors (Lipinski definition) is 4. The Morgan fingerprint density at radius 3 is 2.61 bits per heavy atom. The first kappa shape index (κ1) is 12.4. The maximum atomic E-state index is 4.86. The topological polar surface area (TPSA) is 28.2 Å². The van der Waals surface area contributed by atoms with E-state index in [-0.39, 0.29) is 0 Å². The molecule has 1 aromatic heterocycles. The first-order valence-corrected chi connectivity index (χ1v) is 8.12. The summed E-state index contributed by atoms with van der Waals surface area (Å²) in [5, 5.41) is 4.87. The molecule has 0 aromatic carbocycles. The molecule has 4 heteroatoms. The third-order valence-electron chi connectivity index (χ3n) is 3.80. The molecule has 100 valence electrons. The van der Waals surface area contributed by atoms with Crippen molar-refractivity contribution in [2.75, 3.05) is 11.4 Å². The molecule has 0 unspecified atom stereocenters. The van der Waals surface area contributed by atoms with Gasteiger partial charge in [0.15, 0.2) is 5.13 Å². The molecule has 2 aliphatic rings. The summed E-state index contributed by atoms with van der Waals surface area (Å²) in [6.45, 7) is 6.57. The third-order valence-corrected chi connectivity index (χ3v) is 4.94. The number of nitrogens with zero attached hydrogens (tertiary/aromatic N) is 2. The van der Waals surface area contributed by atoms with E-state index in [1.54, 1.807) is 0 Å². The highest BCUT2D eigenvalue weighted by atomic mass is 32.1. The van der Waals surface area contributed by atoms with E-state index in [4.69, 9.17) is 4.98 Å². The Balaban J connectivity index is 1.72. The monoisotopic (exact) mass is 265 g/mol. The lowest BCUT2D eigenvalue weighted by molar-refractivity contribution is 0.689. The SMILES string of the molecule is CCc1nc(N(CC)C2CC2)sc1CNC1CC1. The molecule has 0 bridgehead atoms. The Kier molecular flexibility index (Phi) is 3.57. The Morgan fingerprint density at radius 1 is 1.28 bits per heavy atom. The number of aryl methyl sites for hydroxylation is 1. The van der Waals surface area contributed by atoms with Crippen molar-refractivity contribution < 1.29 is 0 Å². The molecule has 0 atom stereocenters. The molecule has 2 saturated carbocycles. The van der Waals surface area contributed by atoms with Gasteiger partial charge in [0, 0.05) is 30.1 Å². The van der Waals surface area contributed by atoms with Crippen LogP contribution in [0.2, 0.25) is 0 Å². The Bertz CT molecular complexity index is 407. The molecular weight excluding hydrogens is 242 g/mol. The third kappa shape index (κ3) is 2.69. The minimum absolute atomic E-state index is 0.773. The molecule has 1 heterocycles. The largest absolute Gasteiger partial charge is 0.345 e. The van der Waals surface area contributed by atoms with Gasteiger partial charge in [-0.25, -0.2) is 4.98 Å². The number of nitrogens with one attached hydrogen (secondary N) is 1. The van der Waals surface area contributed by atoms with Crippen molar-refractivity contribution in [2.24, 2.45) is 0 Å². The van der Waals surface area contributed by atoms with Crippen molar-refractivity contribution in [2.45, 2.75) is 64.6 Å². The summed E-state index contributed by atoms with van der Waals surface area (Å²) in [5.74, 6) is 0. The minimum Gasteiger partial charge on any atom is -0.345 e. The van der Waals surface area contributed by atoms with Crippen molar-refractivity contribution in [3.63, 3.8) is 0 Å². The van der Waals surface area contributed by atoms with Crippen LogP contribution in [-0.2, 0) is 13.0 Å². The van der Waals surface area contributed by atoms with Crippen LogP contribution in [-0.4, -0.2) is 23.6 Å². The molecule has 3 rings (SSSR count). The minimum atomic E-state index is 0.773. The van der Waals surface area contributed by atoms with Crippen LogP contribution in [0.25, 0.3) is 0 Å². The van der Waals surface area contributed by atoms with Crippen LogP contribution in [0.1, 0.15) is 50.1 Å². The summed E-state index contributed by atoms with van der Waals surface area (Å²) >= 11 is 1.91. The van der Waals surface area contributed by atoms with Crippen molar-refractivity contribution in [3.8, 4) is 0 Å². The number of aromatic nitrogens is 1. The fraction of sp³-hybridized carbons (Fsp3) is 0.786. The van der Waals surface area contributed by atoms with E-state index in [0.29, 0.717) is 0 Å². The van der Waals surface area contributed by atoms with Crippen molar-refractivity contribution in [1.82, 2.24) is 10.3 Å². The van der Waals surface area contributed by atoms with Crippen LogP contribution in [0.5, 0.6) is 0 Å². The summed E-state index contributed by atoms with van der Waals surface area (Å²) in [7, 11) is 0. The molecule has 0 saturated heterocycles. The van der Waals surface area contributed by atoms with E-state index in [9.17, 15) is 0 Å². The second-order valence-corrected chi connectivity index (χ2v) is 6.45. The molecule has 18 heavy (non-hydrogen) atoms. The highest BCUT2D eigenvalue weighted by molar-refractivity contribution is 7.15. The molecule has 2 fully saturated rings. The van der Waals surface area contributed by atoms with Crippen LogP contribution in [0.15, 0.2) is 0 Å². The summed E-state index contributed by atoms with van der Waals surface area (Å²) in [6, 6.07) is 1.56. The van der Waals surface area contributed by atoms with E-state index in [1.165, 1.54) is 41.4 Å². The van der Waals surface area contributed by atoms with Gasteiger partial charge in [-0.05, 0) is 39.0 Å². The zero-order valence-corrected chi connectivity index (χ0v) is 12.2. The average Bonchev–Trinajstić information content (AvgIpc) is 3.27. The highest BCUT2D eigenvalue weighted by Crippen LogP contribution is 2.35. The standard InChI is InChI=1S/C14H23N3S/c1-3-12-13(9-15-10-5-6-10)18-14(16-12)17(4-2)11-7-8-11/h10-11,15H,3-9H2,1-2H3. The predicted octanol–water partition coefficient (Wildman–Crippen LogP) is 2.95. The van der Waals surface area contributed by atoms with E-state index < -0.39 is 0 Å². The van der Waals surface area contributed by atoms with Gasteiger partial charge >= 0.3 is 0 Å². The Morgan fingerprint density at radius 2 is 2.06 bits per heavy atom. The predicted molar refractivity (Wildman–Crippen MR) is 77.4 cm³/mol. The maximum absolute atomic E-state index is 4.86. The Hall–Kier alpha value is -0.610. The first-order valence-electron chi connectivity index (χ1n) is 7.30. The fourth-order valence-electron chi connectivity index (χ4n) is 2.37. The summed E-state index contributed by atoms with van der Waals surface area (Å²) < 4.78 is 0. The molecule has 2 aliphatic carbocycles. The van der Waals surface area contributed by atoms with Gasteiger partial charge in [0.2, 0.25) is 0 Å². The lowest BCUT2D eigenvalue weighted by atomic mass is 10.3. The van der Waals surface area contributed by atoms with Gasteiger partial charge in [-0.1, -0.05) is 6.92 Å². The molecule has 3 nitrogen and oxygen atoms in total. The summed E-state index contributed by atoms with van der Waals surface area (Å²) in [6.07, 6.45) is 6.47. The smallest absolute Gasteiger partial charge is 0.186 e. The van der Waals surface area contributed by atoms with E-state index in [1.807, 2.05) is 11.3 Å². The molecule has 1 N–H and O–H groups in total. The maximum Gasteiger partial charge on any atom is 0.186 e.